The van der Waals surface area contributed by atoms with Crippen LogP contribution in [0.2, 0.25) is 0 Å². The first kappa shape index (κ1) is 13.3. The fourth-order valence-electron chi connectivity index (χ4n) is 2.12. The number of primary amides is 1. The van der Waals surface area contributed by atoms with Crippen LogP contribution in [0.1, 0.15) is 36.7 Å². The Morgan fingerprint density at radius 2 is 1.89 bits per heavy atom. The van der Waals surface area contributed by atoms with Crippen LogP contribution in [0.3, 0.4) is 0 Å². The Labute approximate surface area is 111 Å². The molecule has 0 radical (unpaired) electrons. The van der Waals surface area contributed by atoms with Gasteiger partial charge in [0, 0.05) is 18.6 Å². The third-order valence-electron chi connectivity index (χ3n) is 3.32. The van der Waals surface area contributed by atoms with E-state index in [9.17, 15) is 9.59 Å². The van der Waals surface area contributed by atoms with E-state index in [1.807, 2.05) is 12.1 Å². The van der Waals surface area contributed by atoms with Crippen molar-refractivity contribution in [1.82, 2.24) is 4.57 Å². The van der Waals surface area contributed by atoms with Crippen molar-refractivity contribution in [2.24, 2.45) is 12.8 Å². The van der Waals surface area contributed by atoms with Gasteiger partial charge in [-0.15, -0.1) is 0 Å². The largest absolute Gasteiger partial charge is 0.365 e. The predicted octanol–water partition coefficient (Wildman–Crippen LogP) is 1.93. The van der Waals surface area contributed by atoms with Gasteiger partial charge in [0.1, 0.15) is 5.56 Å². The van der Waals surface area contributed by atoms with Crippen LogP contribution >= 0.6 is 0 Å². The third-order valence-corrected chi connectivity index (χ3v) is 3.32. The second-order valence-electron chi connectivity index (χ2n) is 5.83. The number of carbonyl (C=O) groups excluding carboxylic acids is 1. The van der Waals surface area contributed by atoms with Crippen molar-refractivity contribution in [3.63, 3.8) is 0 Å². The molecule has 1 heterocycles. The highest BCUT2D eigenvalue weighted by Gasteiger charge is 2.17. The summed E-state index contributed by atoms with van der Waals surface area (Å²) in [6.07, 6.45) is 1.50. The molecule has 0 unspecified atom stereocenters. The van der Waals surface area contributed by atoms with Gasteiger partial charge in [0.2, 0.25) is 5.43 Å². The first-order valence-corrected chi connectivity index (χ1v) is 6.15. The molecular weight excluding hydrogens is 240 g/mol. The lowest BCUT2D eigenvalue weighted by Gasteiger charge is -2.20. The molecule has 19 heavy (non-hydrogen) atoms. The summed E-state index contributed by atoms with van der Waals surface area (Å²) >= 11 is 0. The predicted molar refractivity (Wildman–Crippen MR) is 76.4 cm³/mol. The van der Waals surface area contributed by atoms with Crippen LogP contribution in [-0.2, 0) is 12.5 Å². The van der Waals surface area contributed by atoms with Crippen LogP contribution in [0, 0.1) is 0 Å². The van der Waals surface area contributed by atoms with E-state index >= 15 is 0 Å². The molecule has 0 bridgehead atoms. The van der Waals surface area contributed by atoms with Crippen molar-refractivity contribution in [3.8, 4) is 0 Å². The van der Waals surface area contributed by atoms with E-state index in [4.69, 9.17) is 5.73 Å². The minimum absolute atomic E-state index is 0.00654. The van der Waals surface area contributed by atoms with Gasteiger partial charge in [-0.05, 0) is 23.1 Å². The number of rotatable bonds is 1. The molecule has 0 aliphatic carbocycles. The van der Waals surface area contributed by atoms with Gasteiger partial charge >= 0.3 is 0 Å². The van der Waals surface area contributed by atoms with Gasteiger partial charge in [-0.2, -0.15) is 0 Å². The van der Waals surface area contributed by atoms with Crippen LogP contribution in [-0.4, -0.2) is 10.5 Å². The Morgan fingerprint density at radius 3 is 2.42 bits per heavy atom. The summed E-state index contributed by atoms with van der Waals surface area (Å²) < 4.78 is 1.77. The van der Waals surface area contributed by atoms with E-state index in [0.717, 1.165) is 11.1 Å². The summed E-state index contributed by atoms with van der Waals surface area (Å²) in [5.41, 5.74) is 6.90. The van der Waals surface area contributed by atoms with Crippen LogP contribution < -0.4 is 11.2 Å². The first-order valence-electron chi connectivity index (χ1n) is 6.15. The van der Waals surface area contributed by atoms with E-state index in [1.165, 1.54) is 6.20 Å². The Morgan fingerprint density at radius 1 is 1.26 bits per heavy atom. The zero-order valence-electron chi connectivity index (χ0n) is 11.7. The first-order chi connectivity index (χ1) is 8.71. The molecule has 4 nitrogen and oxygen atoms in total. The number of carbonyl (C=O) groups is 1. The molecule has 1 amide bonds. The second kappa shape index (κ2) is 4.23. The number of fused-ring (bicyclic) bond motifs is 1. The summed E-state index contributed by atoms with van der Waals surface area (Å²) in [7, 11) is 1.81. The lowest BCUT2D eigenvalue weighted by atomic mass is 9.86. The molecule has 0 aliphatic rings. The molecule has 2 aromatic rings. The fourth-order valence-corrected chi connectivity index (χ4v) is 2.12. The van der Waals surface area contributed by atoms with E-state index in [0.29, 0.717) is 5.39 Å². The zero-order chi connectivity index (χ0) is 14.4. The quantitative estimate of drug-likeness (QED) is 0.849. The molecule has 0 fully saturated rings. The van der Waals surface area contributed by atoms with Crippen LogP contribution in [0.15, 0.2) is 29.2 Å². The second-order valence-corrected chi connectivity index (χ2v) is 5.83. The summed E-state index contributed by atoms with van der Waals surface area (Å²) in [4.78, 5) is 23.4. The van der Waals surface area contributed by atoms with Gasteiger partial charge < -0.3 is 10.3 Å². The fraction of sp³-hybridized carbons (Fsp3) is 0.333. The molecule has 0 saturated carbocycles. The van der Waals surface area contributed by atoms with Gasteiger partial charge in [0.15, 0.2) is 0 Å². The third kappa shape index (κ3) is 2.26. The SMILES string of the molecule is Cn1cc(C(N)=O)c(=O)c2ccc(C(C)(C)C)cc21. The minimum Gasteiger partial charge on any atom is -0.365 e. The van der Waals surface area contributed by atoms with Crippen molar-refractivity contribution in [2.75, 3.05) is 0 Å². The maximum absolute atomic E-state index is 12.2. The molecule has 100 valence electrons. The molecule has 2 rings (SSSR count). The topological polar surface area (TPSA) is 65.1 Å². The van der Waals surface area contributed by atoms with E-state index in [2.05, 4.69) is 20.8 Å². The number of hydrogen-bond donors (Lipinski definition) is 1. The number of nitrogens with zero attached hydrogens (tertiary/aromatic N) is 1. The minimum atomic E-state index is -0.692. The molecule has 4 heteroatoms. The zero-order valence-corrected chi connectivity index (χ0v) is 11.7. The number of pyridine rings is 1. The van der Waals surface area contributed by atoms with Crippen molar-refractivity contribution in [2.45, 2.75) is 26.2 Å². The number of amides is 1. The van der Waals surface area contributed by atoms with Gasteiger partial charge in [0.25, 0.3) is 5.91 Å². The molecule has 2 N–H and O–H groups in total. The van der Waals surface area contributed by atoms with E-state index in [1.54, 1.807) is 17.7 Å². The van der Waals surface area contributed by atoms with Crippen LogP contribution in [0.5, 0.6) is 0 Å². The van der Waals surface area contributed by atoms with Gasteiger partial charge in [-0.1, -0.05) is 26.8 Å². The Balaban J connectivity index is 2.84. The van der Waals surface area contributed by atoms with Crippen molar-refractivity contribution < 1.29 is 4.79 Å². The average molecular weight is 258 g/mol. The molecule has 0 aliphatic heterocycles. The monoisotopic (exact) mass is 258 g/mol. The number of nitrogens with two attached hydrogens (primary N) is 1. The van der Waals surface area contributed by atoms with Gasteiger partial charge in [0.05, 0.1) is 5.52 Å². The highest BCUT2D eigenvalue weighted by molar-refractivity contribution is 5.96. The molecule has 0 saturated heterocycles. The number of benzene rings is 1. The Bertz CT molecular complexity index is 721. The van der Waals surface area contributed by atoms with Gasteiger partial charge in [-0.3, -0.25) is 9.59 Å². The average Bonchev–Trinajstić information content (AvgIpc) is 2.31. The molecule has 1 aromatic heterocycles. The Kier molecular flexibility index (Phi) is 2.97. The lowest BCUT2D eigenvalue weighted by molar-refractivity contribution is 0.0999. The smallest absolute Gasteiger partial charge is 0.254 e. The maximum atomic E-state index is 12.2. The molecule has 0 spiro atoms. The Hall–Kier alpha value is -2.10. The van der Waals surface area contributed by atoms with Crippen LogP contribution in [0.25, 0.3) is 10.9 Å². The van der Waals surface area contributed by atoms with Crippen molar-refractivity contribution in [1.29, 1.82) is 0 Å². The summed E-state index contributed by atoms with van der Waals surface area (Å²) in [5, 5.41) is 0.520. The number of aromatic nitrogens is 1. The standard InChI is InChI=1S/C15H18N2O2/c1-15(2,3)9-5-6-10-12(7-9)17(4)8-11(13(10)18)14(16)19/h5-8H,1-4H3,(H2,16,19). The molecule has 1 aromatic carbocycles. The van der Waals surface area contributed by atoms with Gasteiger partial charge in [-0.25, -0.2) is 0 Å². The normalized spacial score (nSPS) is 11.8. The van der Waals surface area contributed by atoms with Crippen molar-refractivity contribution >= 4 is 16.8 Å². The van der Waals surface area contributed by atoms with Crippen LogP contribution in [0.4, 0.5) is 0 Å². The number of aryl methyl sites for hydroxylation is 1. The highest BCUT2D eigenvalue weighted by atomic mass is 16.2. The van der Waals surface area contributed by atoms with E-state index in [-0.39, 0.29) is 16.4 Å². The summed E-state index contributed by atoms with van der Waals surface area (Å²) in [6.45, 7) is 6.35. The highest BCUT2D eigenvalue weighted by Crippen LogP contribution is 2.25. The maximum Gasteiger partial charge on any atom is 0.254 e. The summed E-state index contributed by atoms with van der Waals surface area (Å²) in [6, 6.07) is 5.68. The molecule has 0 atom stereocenters. The number of hydrogen-bond acceptors (Lipinski definition) is 2. The van der Waals surface area contributed by atoms with E-state index < -0.39 is 5.91 Å². The molecular formula is C15H18N2O2. The summed E-state index contributed by atoms with van der Waals surface area (Å²) in [5.74, 6) is -0.692. The van der Waals surface area contributed by atoms with Crippen molar-refractivity contribution in [3.05, 3.63) is 45.7 Å². The lowest BCUT2D eigenvalue weighted by Crippen LogP contribution is -2.24.